The lowest BCUT2D eigenvalue weighted by Gasteiger charge is -2.54. The van der Waals surface area contributed by atoms with Crippen LogP contribution in [0.2, 0.25) is 5.02 Å². The highest BCUT2D eigenvalue weighted by Gasteiger charge is 2.49. The van der Waals surface area contributed by atoms with E-state index in [0.717, 1.165) is 31.0 Å². The van der Waals surface area contributed by atoms with E-state index < -0.39 is 0 Å². The van der Waals surface area contributed by atoms with Gasteiger partial charge in [0.2, 0.25) is 0 Å². The van der Waals surface area contributed by atoms with Crippen LogP contribution in [0.3, 0.4) is 0 Å². The number of ether oxygens (including phenoxy) is 1. The molecule has 3 nitrogen and oxygen atoms in total. The van der Waals surface area contributed by atoms with Gasteiger partial charge in [0.15, 0.2) is 0 Å². The molecule has 0 saturated carbocycles. The standard InChI is InChI=1S/C22H25ClI2N2OS2/c1-2-28-22-13-20(15-7-4-3-5-8-15)27(30-25)21-12-19(26(29-24)14-18(21)22)16-9-6-10-17(23)11-16/h3-11,18-22H,2,12-14H2,1H3/t18-,19+,20+,21+,22+/m1/s1. The number of piperidine rings is 2. The van der Waals surface area contributed by atoms with E-state index in [9.17, 15) is 0 Å². The third kappa shape index (κ3) is 5.13. The molecule has 0 bridgehead atoms. The van der Waals surface area contributed by atoms with Crippen LogP contribution in [-0.2, 0) is 4.74 Å². The van der Waals surface area contributed by atoms with Crippen LogP contribution in [-0.4, -0.2) is 33.9 Å². The Morgan fingerprint density at radius 3 is 2.43 bits per heavy atom. The largest absolute Gasteiger partial charge is 0.378 e. The molecule has 0 aromatic heterocycles. The number of rotatable bonds is 6. The molecule has 2 saturated heterocycles. The lowest BCUT2D eigenvalue weighted by molar-refractivity contribution is -0.0777. The molecule has 0 N–H and O–H groups in total. The topological polar surface area (TPSA) is 15.7 Å². The normalized spacial score (nSPS) is 30.2. The maximum absolute atomic E-state index is 6.35. The Labute approximate surface area is 217 Å². The van der Waals surface area contributed by atoms with Crippen molar-refractivity contribution >= 4 is 72.3 Å². The SMILES string of the molecule is CCO[C@H]1C[C@@H](c2ccccc2)N(SI)[C@H]2C[C@@H](c3cccc(Cl)c3)N(SI)C[C@@H]12. The Bertz CT molecular complexity index is 834. The second-order valence-corrected chi connectivity index (χ2v) is 11.8. The van der Waals surface area contributed by atoms with Gasteiger partial charge in [-0.05, 0) is 61.3 Å². The third-order valence-corrected chi connectivity index (χ3v) is 10.6. The summed E-state index contributed by atoms with van der Waals surface area (Å²) in [5.74, 6) is 0.491. The molecular weight excluding hydrogens is 662 g/mol. The maximum Gasteiger partial charge on any atom is 0.0649 e. The fourth-order valence-corrected chi connectivity index (χ4v) is 9.31. The summed E-state index contributed by atoms with van der Waals surface area (Å²) in [5, 5.41) is 0.811. The van der Waals surface area contributed by atoms with Crippen LogP contribution in [0.25, 0.3) is 0 Å². The zero-order chi connectivity index (χ0) is 21.1. The molecule has 0 radical (unpaired) electrons. The highest BCUT2D eigenvalue weighted by Crippen LogP contribution is 2.52. The van der Waals surface area contributed by atoms with Gasteiger partial charge in [-0.2, -0.15) is 0 Å². The van der Waals surface area contributed by atoms with Crippen LogP contribution in [0.15, 0.2) is 54.6 Å². The smallest absolute Gasteiger partial charge is 0.0649 e. The van der Waals surface area contributed by atoms with Gasteiger partial charge in [0.05, 0.1) is 6.10 Å². The first-order valence-corrected chi connectivity index (χ1v) is 17.2. The fourth-order valence-electron chi connectivity index (χ4n) is 4.92. The van der Waals surface area contributed by atoms with Crippen molar-refractivity contribution in [3.63, 3.8) is 0 Å². The summed E-state index contributed by atoms with van der Waals surface area (Å²) in [4.78, 5) is 0. The molecule has 5 atom stereocenters. The molecular formula is C22H25ClI2N2OS2. The molecule has 30 heavy (non-hydrogen) atoms. The highest BCUT2D eigenvalue weighted by molar-refractivity contribution is 14.2. The predicted octanol–water partition coefficient (Wildman–Crippen LogP) is 7.92. The van der Waals surface area contributed by atoms with Gasteiger partial charge in [-0.15, -0.1) is 0 Å². The summed E-state index contributed by atoms with van der Waals surface area (Å²) >= 11 is 11.2. The summed E-state index contributed by atoms with van der Waals surface area (Å²) in [5.41, 5.74) is 2.69. The van der Waals surface area contributed by atoms with Crippen molar-refractivity contribution in [1.82, 2.24) is 8.61 Å². The molecule has 0 aliphatic carbocycles. The van der Waals surface area contributed by atoms with E-state index in [1.54, 1.807) is 0 Å². The van der Waals surface area contributed by atoms with E-state index in [-0.39, 0.29) is 6.10 Å². The monoisotopic (exact) mass is 686 g/mol. The van der Waals surface area contributed by atoms with E-state index in [4.69, 9.17) is 16.3 Å². The molecule has 2 aromatic rings. The lowest BCUT2D eigenvalue weighted by Crippen LogP contribution is -2.57. The van der Waals surface area contributed by atoms with Gasteiger partial charge >= 0.3 is 0 Å². The van der Waals surface area contributed by atoms with E-state index >= 15 is 0 Å². The zero-order valence-corrected chi connectivity index (χ0v) is 23.4. The minimum absolute atomic E-state index is 0.274. The van der Waals surface area contributed by atoms with Crippen LogP contribution in [0.1, 0.15) is 43.0 Å². The van der Waals surface area contributed by atoms with Crippen LogP contribution in [0.5, 0.6) is 0 Å². The molecule has 2 aromatic carbocycles. The average Bonchev–Trinajstić information content (AvgIpc) is 2.78. The number of nitrogens with zero attached hydrogens (tertiary/aromatic N) is 2. The summed E-state index contributed by atoms with van der Waals surface area (Å²) in [6, 6.07) is 20.5. The predicted molar refractivity (Wildman–Crippen MR) is 147 cm³/mol. The number of hydrogen-bond acceptors (Lipinski definition) is 5. The van der Waals surface area contributed by atoms with Gasteiger partial charge in [0.1, 0.15) is 0 Å². The van der Waals surface area contributed by atoms with Crippen molar-refractivity contribution in [3.8, 4) is 0 Å². The Hall–Kier alpha value is 0.770. The van der Waals surface area contributed by atoms with E-state index in [1.807, 2.05) is 24.3 Å². The van der Waals surface area contributed by atoms with Gasteiger partial charge in [-0.1, -0.05) is 54.1 Å². The van der Waals surface area contributed by atoms with Gasteiger partial charge in [-0.25, -0.2) is 8.61 Å². The van der Waals surface area contributed by atoms with Gasteiger partial charge in [0.25, 0.3) is 0 Å². The van der Waals surface area contributed by atoms with Gasteiger partial charge in [0, 0.05) is 84.6 Å². The quantitative estimate of drug-likeness (QED) is 0.226. The van der Waals surface area contributed by atoms with E-state index in [2.05, 4.69) is 106 Å². The minimum atomic E-state index is 0.274. The third-order valence-electron chi connectivity index (χ3n) is 6.23. The average molecular weight is 687 g/mol. The van der Waals surface area contributed by atoms with Crippen LogP contribution < -0.4 is 0 Å². The molecule has 8 heteroatoms. The molecule has 2 aliphatic heterocycles. The molecule has 2 aliphatic rings. The number of fused-ring (bicyclic) bond motifs is 1. The number of hydrogen-bond donors (Lipinski definition) is 0. The van der Waals surface area contributed by atoms with Crippen LogP contribution >= 0.6 is 72.3 Å². The second kappa shape index (κ2) is 11.3. The summed E-state index contributed by atoms with van der Waals surface area (Å²) in [6.45, 7) is 3.91. The van der Waals surface area contributed by atoms with Crippen molar-refractivity contribution < 1.29 is 4.74 Å². The minimum Gasteiger partial charge on any atom is -0.378 e. The summed E-state index contributed by atoms with van der Waals surface area (Å²) in [7, 11) is 3.67. The van der Waals surface area contributed by atoms with Crippen molar-refractivity contribution in [2.45, 2.75) is 44.0 Å². The van der Waals surface area contributed by atoms with Crippen LogP contribution in [0.4, 0.5) is 0 Å². The highest BCUT2D eigenvalue weighted by atomic mass is 127. The molecule has 2 fully saturated rings. The molecule has 0 unspecified atom stereocenters. The first-order chi connectivity index (χ1) is 14.7. The Kier molecular flexibility index (Phi) is 8.98. The van der Waals surface area contributed by atoms with Crippen LogP contribution in [0, 0.1) is 5.92 Å². The Morgan fingerprint density at radius 1 is 1.00 bits per heavy atom. The number of halogens is 3. The van der Waals surface area contributed by atoms with Crippen molar-refractivity contribution in [3.05, 3.63) is 70.7 Å². The van der Waals surface area contributed by atoms with Crippen molar-refractivity contribution in [2.24, 2.45) is 5.92 Å². The Morgan fingerprint density at radius 2 is 1.77 bits per heavy atom. The summed E-state index contributed by atoms with van der Waals surface area (Å²) in [6.07, 6.45) is 2.39. The van der Waals surface area contributed by atoms with Gasteiger partial charge in [-0.3, -0.25) is 0 Å². The maximum atomic E-state index is 6.35. The first kappa shape index (κ1) is 23.9. The van der Waals surface area contributed by atoms with E-state index in [1.165, 1.54) is 11.1 Å². The van der Waals surface area contributed by atoms with E-state index in [0.29, 0.717) is 24.0 Å². The second-order valence-electron chi connectivity index (χ2n) is 7.79. The molecule has 162 valence electrons. The lowest BCUT2D eigenvalue weighted by atomic mass is 9.76. The van der Waals surface area contributed by atoms with Gasteiger partial charge < -0.3 is 4.74 Å². The molecule has 4 rings (SSSR count). The summed E-state index contributed by atoms with van der Waals surface area (Å²) < 4.78 is 11.5. The number of benzene rings is 2. The molecule has 0 amide bonds. The fraction of sp³-hybridized carbons (Fsp3) is 0.455. The zero-order valence-electron chi connectivity index (χ0n) is 16.7. The van der Waals surface area contributed by atoms with Crippen molar-refractivity contribution in [2.75, 3.05) is 13.2 Å². The first-order valence-electron chi connectivity index (χ1n) is 10.2. The Balaban J connectivity index is 1.69. The molecule has 0 spiro atoms. The molecule has 2 heterocycles. The van der Waals surface area contributed by atoms with Crippen molar-refractivity contribution in [1.29, 1.82) is 0 Å².